The maximum absolute atomic E-state index is 13.9. The molecule has 2 amide bonds. The van der Waals surface area contributed by atoms with E-state index in [9.17, 15) is 18.0 Å². The minimum absolute atomic E-state index is 0.0805. The molecule has 3 rings (SSSR count). The number of nitrogens with zero attached hydrogens (tertiary/aromatic N) is 2. The molecule has 0 fully saturated rings. The van der Waals surface area contributed by atoms with E-state index in [2.05, 4.69) is 5.32 Å². The molecule has 1 N–H and O–H groups in total. The average Bonchev–Trinajstić information content (AvgIpc) is 2.86. The van der Waals surface area contributed by atoms with E-state index in [0.717, 1.165) is 21.0 Å². The van der Waals surface area contributed by atoms with Gasteiger partial charge in [-0.25, -0.2) is 8.42 Å². The van der Waals surface area contributed by atoms with Crippen molar-refractivity contribution in [2.45, 2.75) is 64.6 Å². The Balaban J connectivity index is 2.01. The summed E-state index contributed by atoms with van der Waals surface area (Å²) >= 11 is 0. The number of hydrogen-bond donors (Lipinski definition) is 1. The summed E-state index contributed by atoms with van der Waals surface area (Å²) in [6.45, 7) is 10.9. The van der Waals surface area contributed by atoms with Crippen LogP contribution in [0.4, 0.5) is 5.69 Å². The number of nitrogens with one attached hydrogen (secondary N) is 1. The number of hydrogen-bond acceptors (Lipinski definition) is 4. The van der Waals surface area contributed by atoms with E-state index in [1.54, 1.807) is 49.4 Å². The highest BCUT2D eigenvalue weighted by Crippen LogP contribution is 2.25. The topological polar surface area (TPSA) is 86.8 Å². The van der Waals surface area contributed by atoms with E-state index in [1.807, 2.05) is 58.9 Å². The molecule has 7 nitrogen and oxygen atoms in total. The molecule has 1 atom stereocenters. The monoisotopic (exact) mass is 535 g/mol. The number of amides is 2. The zero-order valence-electron chi connectivity index (χ0n) is 22.9. The van der Waals surface area contributed by atoms with Gasteiger partial charge in [-0.05, 0) is 71.4 Å². The highest BCUT2D eigenvalue weighted by atomic mass is 32.2. The molecular weight excluding hydrogens is 498 g/mol. The SMILES string of the molecule is Cc1ccc(CN(C(=O)CN(c2ccc(C)cc2)S(=O)(=O)c2ccccc2)[C@@H](C)C(=O)NC(C)(C)C)cc1. The number of carbonyl (C=O) groups is 2. The van der Waals surface area contributed by atoms with Gasteiger partial charge in [0.05, 0.1) is 10.6 Å². The molecular formula is C30H37N3O4S. The predicted octanol–water partition coefficient (Wildman–Crippen LogP) is 4.83. The fourth-order valence-electron chi connectivity index (χ4n) is 3.91. The lowest BCUT2D eigenvalue weighted by molar-refractivity contribution is -0.140. The van der Waals surface area contributed by atoms with Crippen LogP contribution in [-0.2, 0) is 26.2 Å². The maximum Gasteiger partial charge on any atom is 0.264 e. The van der Waals surface area contributed by atoms with Crippen LogP contribution in [0.15, 0.2) is 83.8 Å². The predicted molar refractivity (Wildman–Crippen MR) is 151 cm³/mol. The molecule has 8 heteroatoms. The van der Waals surface area contributed by atoms with Crippen LogP contribution < -0.4 is 9.62 Å². The van der Waals surface area contributed by atoms with Gasteiger partial charge in [0.15, 0.2) is 0 Å². The lowest BCUT2D eigenvalue weighted by Gasteiger charge is -2.33. The van der Waals surface area contributed by atoms with Crippen LogP contribution in [0.5, 0.6) is 0 Å². The Hall–Kier alpha value is -3.65. The third-order valence-corrected chi connectivity index (χ3v) is 7.86. The quantitative estimate of drug-likeness (QED) is 0.425. The van der Waals surface area contributed by atoms with E-state index in [4.69, 9.17) is 0 Å². The van der Waals surface area contributed by atoms with Crippen LogP contribution in [0, 0.1) is 13.8 Å². The number of rotatable bonds is 9. The first-order valence-corrected chi connectivity index (χ1v) is 14.0. The van der Waals surface area contributed by atoms with Crippen molar-refractivity contribution in [1.29, 1.82) is 0 Å². The Morgan fingerprint density at radius 3 is 1.89 bits per heavy atom. The maximum atomic E-state index is 13.9. The molecule has 3 aromatic rings. The highest BCUT2D eigenvalue weighted by molar-refractivity contribution is 7.92. The smallest absolute Gasteiger partial charge is 0.264 e. The van der Waals surface area contributed by atoms with Crippen molar-refractivity contribution in [2.24, 2.45) is 0 Å². The standard InChI is InChI=1S/C30H37N3O4S/c1-22-12-16-25(17-13-22)20-32(24(3)29(35)31-30(4,5)6)28(34)21-33(26-18-14-23(2)15-19-26)38(36,37)27-10-8-7-9-11-27/h7-19,24H,20-21H2,1-6H3,(H,31,35)/t24-/m0/s1. The Kier molecular flexibility index (Phi) is 8.99. The second kappa shape index (κ2) is 11.8. The molecule has 3 aromatic carbocycles. The third-order valence-electron chi connectivity index (χ3n) is 6.07. The van der Waals surface area contributed by atoms with Crippen molar-refractivity contribution in [3.05, 3.63) is 95.6 Å². The summed E-state index contributed by atoms with van der Waals surface area (Å²) in [5, 5.41) is 2.93. The molecule has 0 heterocycles. The van der Waals surface area contributed by atoms with Gasteiger partial charge in [0, 0.05) is 12.1 Å². The van der Waals surface area contributed by atoms with Gasteiger partial charge in [-0.3, -0.25) is 13.9 Å². The number of aryl methyl sites for hydroxylation is 2. The first kappa shape index (κ1) is 28.9. The van der Waals surface area contributed by atoms with Crippen molar-refractivity contribution in [2.75, 3.05) is 10.8 Å². The number of anilines is 1. The summed E-state index contributed by atoms with van der Waals surface area (Å²) in [7, 11) is -4.06. The molecule has 0 spiro atoms. The van der Waals surface area contributed by atoms with E-state index in [1.165, 1.54) is 17.0 Å². The molecule has 38 heavy (non-hydrogen) atoms. The van der Waals surface area contributed by atoms with Crippen molar-refractivity contribution < 1.29 is 18.0 Å². The Morgan fingerprint density at radius 2 is 1.37 bits per heavy atom. The largest absolute Gasteiger partial charge is 0.350 e. The summed E-state index contributed by atoms with van der Waals surface area (Å²) in [5.41, 5.74) is 2.76. The first-order chi connectivity index (χ1) is 17.8. The second-order valence-corrected chi connectivity index (χ2v) is 12.4. The highest BCUT2D eigenvalue weighted by Gasteiger charge is 2.33. The van der Waals surface area contributed by atoms with Crippen molar-refractivity contribution >= 4 is 27.5 Å². The van der Waals surface area contributed by atoms with Gasteiger partial charge < -0.3 is 10.2 Å². The fraction of sp³-hybridized carbons (Fsp3) is 0.333. The van der Waals surface area contributed by atoms with E-state index >= 15 is 0 Å². The molecule has 0 unspecified atom stereocenters. The summed E-state index contributed by atoms with van der Waals surface area (Å²) < 4.78 is 28.6. The Morgan fingerprint density at radius 1 is 0.842 bits per heavy atom. The van der Waals surface area contributed by atoms with Gasteiger partial charge in [0.2, 0.25) is 11.8 Å². The van der Waals surface area contributed by atoms with Crippen LogP contribution >= 0.6 is 0 Å². The normalized spacial score (nSPS) is 12.5. The summed E-state index contributed by atoms with van der Waals surface area (Å²) in [4.78, 5) is 28.5. The number of sulfonamides is 1. The van der Waals surface area contributed by atoms with Crippen LogP contribution in [-0.4, -0.2) is 43.3 Å². The molecule has 0 saturated heterocycles. The first-order valence-electron chi connectivity index (χ1n) is 12.6. The lowest BCUT2D eigenvalue weighted by Crippen LogP contribution is -2.54. The number of benzene rings is 3. The Bertz CT molecular complexity index is 1350. The van der Waals surface area contributed by atoms with Crippen molar-refractivity contribution in [1.82, 2.24) is 10.2 Å². The third kappa shape index (κ3) is 7.44. The van der Waals surface area contributed by atoms with E-state index in [0.29, 0.717) is 5.69 Å². The van der Waals surface area contributed by atoms with Crippen LogP contribution in [0.2, 0.25) is 0 Å². The van der Waals surface area contributed by atoms with Gasteiger partial charge >= 0.3 is 0 Å². The zero-order valence-corrected chi connectivity index (χ0v) is 23.7. The summed E-state index contributed by atoms with van der Waals surface area (Å²) in [5.74, 6) is -0.798. The van der Waals surface area contributed by atoms with Crippen molar-refractivity contribution in [3.63, 3.8) is 0 Å². The summed E-state index contributed by atoms with van der Waals surface area (Å²) in [6, 6.07) is 21.9. The molecule has 0 saturated carbocycles. The van der Waals surface area contributed by atoms with Crippen LogP contribution in [0.25, 0.3) is 0 Å². The van der Waals surface area contributed by atoms with E-state index in [-0.39, 0.29) is 17.3 Å². The molecule has 0 bridgehead atoms. The minimum Gasteiger partial charge on any atom is -0.350 e. The fourth-order valence-corrected chi connectivity index (χ4v) is 5.34. The summed E-state index contributed by atoms with van der Waals surface area (Å²) in [6.07, 6.45) is 0. The van der Waals surface area contributed by atoms with Crippen LogP contribution in [0.1, 0.15) is 44.4 Å². The Labute approximate surface area is 226 Å². The minimum atomic E-state index is -4.06. The lowest BCUT2D eigenvalue weighted by atomic mass is 10.1. The number of carbonyl (C=O) groups excluding carboxylic acids is 2. The van der Waals surface area contributed by atoms with Crippen molar-refractivity contribution in [3.8, 4) is 0 Å². The van der Waals surface area contributed by atoms with Gasteiger partial charge in [-0.2, -0.15) is 0 Å². The van der Waals surface area contributed by atoms with Gasteiger partial charge in [0.25, 0.3) is 10.0 Å². The van der Waals surface area contributed by atoms with Gasteiger partial charge in [0.1, 0.15) is 12.6 Å². The molecule has 0 aliphatic heterocycles. The van der Waals surface area contributed by atoms with Gasteiger partial charge in [-0.15, -0.1) is 0 Å². The zero-order chi connectivity index (χ0) is 28.1. The molecule has 0 aliphatic rings. The van der Waals surface area contributed by atoms with Gasteiger partial charge in [-0.1, -0.05) is 65.7 Å². The molecule has 0 radical (unpaired) electrons. The molecule has 202 valence electrons. The molecule has 0 aliphatic carbocycles. The average molecular weight is 536 g/mol. The second-order valence-electron chi connectivity index (χ2n) is 10.6. The van der Waals surface area contributed by atoms with Crippen LogP contribution in [0.3, 0.4) is 0 Å². The van der Waals surface area contributed by atoms with E-state index < -0.39 is 34.1 Å². The molecule has 0 aromatic heterocycles.